The van der Waals surface area contributed by atoms with E-state index < -0.39 is 0 Å². The highest BCUT2D eigenvalue weighted by Gasteiger charge is 2.27. The number of hydrogen-bond donors (Lipinski definition) is 1. The van der Waals surface area contributed by atoms with Crippen molar-refractivity contribution in [2.75, 3.05) is 18.1 Å². The van der Waals surface area contributed by atoms with Crippen molar-refractivity contribution >= 4 is 17.5 Å². The van der Waals surface area contributed by atoms with E-state index in [-0.39, 0.29) is 23.8 Å². The van der Waals surface area contributed by atoms with Gasteiger partial charge in [0.1, 0.15) is 5.75 Å². The molecule has 28 heavy (non-hydrogen) atoms. The van der Waals surface area contributed by atoms with Crippen LogP contribution in [0.15, 0.2) is 42.7 Å². The molecule has 0 unspecified atom stereocenters. The van der Waals surface area contributed by atoms with Crippen LogP contribution in [0.4, 0.5) is 5.69 Å². The Morgan fingerprint density at radius 1 is 1.21 bits per heavy atom. The molecule has 1 aromatic carbocycles. The molecule has 1 aromatic heterocycles. The Kier molecular flexibility index (Phi) is 5.97. The third-order valence-corrected chi connectivity index (χ3v) is 4.79. The molecule has 1 aliphatic heterocycles. The van der Waals surface area contributed by atoms with E-state index in [0.29, 0.717) is 25.9 Å². The van der Waals surface area contributed by atoms with Gasteiger partial charge in [0.15, 0.2) is 6.61 Å². The minimum atomic E-state index is -0.0734. The van der Waals surface area contributed by atoms with Crippen LogP contribution in [0.3, 0.4) is 0 Å². The maximum absolute atomic E-state index is 12.4. The fourth-order valence-corrected chi connectivity index (χ4v) is 3.10. The second kappa shape index (κ2) is 8.42. The van der Waals surface area contributed by atoms with Crippen molar-refractivity contribution in [2.45, 2.75) is 45.6 Å². The lowest BCUT2D eigenvalue weighted by atomic mass is 9.86. The van der Waals surface area contributed by atoms with Gasteiger partial charge in [-0.3, -0.25) is 14.6 Å². The predicted molar refractivity (Wildman–Crippen MR) is 108 cm³/mol. The van der Waals surface area contributed by atoms with Crippen molar-refractivity contribution in [2.24, 2.45) is 0 Å². The van der Waals surface area contributed by atoms with Crippen LogP contribution in [-0.4, -0.2) is 29.9 Å². The average molecular weight is 381 g/mol. The Morgan fingerprint density at radius 3 is 2.68 bits per heavy atom. The summed E-state index contributed by atoms with van der Waals surface area (Å²) >= 11 is 0. The van der Waals surface area contributed by atoms with Gasteiger partial charge in [-0.2, -0.15) is 0 Å². The first kappa shape index (κ1) is 19.9. The number of anilines is 1. The lowest BCUT2D eigenvalue weighted by Crippen LogP contribution is -2.40. The largest absolute Gasteiger partial charge is 0.482 e. The second-order valence-corrected chi connectivity index (χ2v) is 8.00. The van der Waals surface area contributed by atoms with Gasteiger partial charge in [0.05, 0.1) is 5.69 Å². The molecular weight excluding hydrogens is 354 g/mol. The van der Waals surface area contributed by atoms with E-state index in [2.05, 4.69) is 31.1 Å². The zero-order valence-corrected chi connectivity index (χ0v) is 16.7. The van der Waals surface area contributed by atoms with Crippen molar-refractivity contribution in [3.05, 3.63) is 53.9 Å². The number of carbonyl (C=O) groups excluding carboxylic acids is 2. The third kappa shape index (κ3) is 4.88. The molecule has 0 saturated heterocycles. The molecule has 2 heterocycles. The smallest absolute Gasteiger partial charge is 0.265 e. The Balaban J connectivity index is 1.58. The van der Waals surface area contributed by atoms with E-state index in [4.69, 9.17) is 4.74 Å². The lowest BCUT2D eigenvalue weighted by molar-refractivity contribution is -0.123. The SMILES string of the molecule is CC(C)(C)c1ccc2c(c1)N(CCCC(=O)NCc1ccncc1)C(=O)CO2. The van der Waals surface area contributed by atoms with Crippen LogP contribution in [0.25, 0.3) is 0 Å². The molecule has 2 amide bonds. The fraction of sp³-hybridized carbons (Fsp3) is 0.409. The van der Waals surface area contributed by atoms with Gasteiger partial charge in [0, 0.05) is 31.9 Å². The fourth-order valence-electron chi connectivity index (χ4n) is 3.10. The van der Waals surface area contributed by atoms with E-state index >= 15 is 0 Å². The average Bonchev–Trinajstić information content (AvgIpc) is 2.68. The Labute approximate surface area is 165 Å². The number of aromatic nitrogens is 1. The highest BCUT2D eigenvalue weighted by Crippen LogP contribution is 2.36. The van der Waals surface area contributed by atoms with Gasteiger partial charge in [-0.1, -0.05) is 26.8 Å². The van der Waals surface area contributed by atoms with Gasteiger partial charge in [-0.15, -0.1) is 0 Å². The summed E-state index contributed by atoms with van der Waals surface area (Å²) in [7, 11) is 0. The molecule has 0 bridgehead atoms. The van der Waals surface area contributed by atoms with E-state index in [1.807, 2.05) is 30.3 Å². The molecule has 0 atom stereocenters. The predicted octanol–water partition coefficient (Wildman–Crippen LogP) is 3.20. The topological polar surface area (TPSA) is 71.5 Å². The van der Waals surface area contributed by atoms with Crippen LogP contribution >= 0.6 is 0 Å². The lowest BCUT2D eigenvalue weighted by Gasteiger charge is -2.31. The standard InChI is InChI=1S/C22H27N3O3/c1-22(2,3)17-6-7-19-18(13-17)25(21(27)15-28-19)12-4-5-20(26)24-14-16-8-10-23-11-9-16/h6-11,13H,4-5,12,14-15H2,1-3H3,(H,24,26). The molecule has 0 spiro atoms. The second-order valence-electron chi connectivity index (χ2n) is 8.00. The van der Waals surface area contributed by atoms with E-state index in [1.54, 1.807) is 17.3 Å². The van der Waals surface area contributed by atoms with Gasteiger partial charge in [-0.25, -0.2) is 0 Å². The number of fused-ring (bicyclic) bond motifs is 1. The van der Waals surface area contributed by atoms with Crippen molar-refractivity contribution in [1.29, 1.82) is 0 Å². The number of nitrogens with zero attached hydrogens (tertiary/aromatic N) is 2. The molecular formula is C22H27N3O3. The van der Waals surface area contributed by atoms with Crippen molar-refractivity contribution in [3.63, 3.8) is 0 Å². The van der Waals surface area contributed by atoms with Gasteiger partial charge in [0.2, 0.25) is 5.91 Å². The maximum Gasteiger partial charge on any atom is 0.265 e. The van der Waals surface area contributed by atoms with Crippen molar-refractivity contribution < 1.29 is 14.3 Å². The van der Waals surface area contributed by atoms with Crippen LogP contribution < -0.4 is 15.0 Å². The summed E-state index contributed by atoms with van der Waals surface area (Å²) in [5.74, 6) is 0.617. The third-order valence-electron chi connectivity index (χ3n) is 4.79. The first-order valence-electron chi connectivity index (χ1n) is 9.58. The number of rotatable bonds is 6. The van der Waals surface area contributed by atoms with Gasteiger partial charge in [-0.05, 0) is 47.2 Å². The number of benzene rings is 1. The molecule has 148 valence electrons. The molecule has 0 radical (unpaired) electrons. The van der Waals surface area contributed by atoms with E-state index in [9.17, 15) is 9.59 Å². The first-order chi connectivity index (χ1) is 13.3. The van der Waals surface area contributed by atoms with Crippen LogP contribution in [0.1, 0.15) is 44.7 Å². The molecule has 0 saturated carbocycles. The Bertz CT molecular complexity index is 844. The molecule has 1 N–H and O–H groups in total. The summed E-state index contributed by atoms with van der Waals surface area (Å²) in [6, 6.07) is 9.73. The molecule has 3 rings (SSSR count). The summed E-state index contributed by atoms with van der Waals surface area (Å²) < 4.78 is 5.57. The summed E-state index contributed by atoms with van der Waals surface area (Å²) in [6.45, 7) is 7.42. The number of ether oxygens (including phenoxy) is 1. The van der Waals surface area contributed by atoms with Crippen LogP contribution in [-0.2, 0) is 21.5 Å². The highest BCUT2D eigenvalue weighted by atomic mass is 16.5. The number of nitrogens with one attached hydrogen (secondary N) is 1. The number of amides is 2. The Hall–Kier alpha value is -2.89. The van der Waals surface area contributed by atoms with Crippen LogP contribution in [0, 0.1) is 0 Å². The highest BCUT2D eigenvalue weighted by molar-refractivity contribution is 5.98. The monoisotopic (exact) mass is 381 g/mol. The summed E-state index contributed by atoms with van der Waals surface area (Å²) in [6.07, 6.45) is 4.36. The molecule has 6 nitrogen and oxygen atoms in total. The van der Waals surface area contributed by atoms with Crippen LogP contribution in [0.5, 0.6) is 5.75 Å². The van der Waals surface area contributed by atoms with E-state index in [1.165, 1.54) is 0 Å². The zero-order valence-electron chi connectivity index (χ0n) is 16.7. The minimum Gasteiger partial charge on any atom is -0.482 e. The summed E-state index contributed by atoms with van der Waals surface area (Å²) in [5.41, 5.74) is 2.93. The molecule has 1 aliphatic rings. The molecule has 6 heteroatoms. The Morgan fingerprint density at radius 2 is 1.96 bits per heavy atom. The molecule has 0 fully saturated rings. The minimum absolute atomic E-state index is 0.0198. The van der Waals surface area contributed by atoms with Crippen molar-refractivity contribution in [3.8, 4) is 5.75 Å². The maximum atomic E-state index is 12.4. The zero-order chi connectivity index (χ0) is 20.1. The number of hydrogen-bond acceptors (Lipinski definition) is 4. The first-order valence-corrected chi connectivity index (χ1v) is 9.58. The molecule has 0 aliphatic carbocycles. The van der Waals surface area contributed by atoms with Crippen molar-refractivity contribution in [1.82, 2.24) is 10.3 Å². The number of carbonyl (C=O) groups is 2. The quantitative estimate of drug-likeness (QED) is 0.834. The number of pyridine rings is 1. The summed E-state index contributed by atoms with van der Waals surface area (Å²) in [5, 5.41) is 2.90. The normalized spacial score (nSPS) is 13.7. The van der Waals surface area contributed by atoms with Gasteiger partial charge in [0.25, 0.3) is 5.91 Å². The van der Waals surface area contributed by atoms with E-state index in [0.717, 1.165) is 22.6 Å². The van der Waals surface area contributed by atoms with Gasteiger partial charge < -0.3 is 15.0 Å². The van der Waals surface area contributed by atoms with Gasteiger partial charge >= 0.3 is 0 Å². The molecule has 2 aromatic rings. The van der Waals surface area contributed by atoms with Crippen LogP contribution in [0.2, 0.25) is 0 Å². The summed E-state index contributed by atoms with van der Waals surface area (Å²) in [4.78, 5) is 30.2.